The number of rotatable bonds is 48. The Balaban J connectivity index is 1.37. The van der Waals surface area contributed by atoms with Gasteiger partial charge < -0.3 is 10.5 Å². The number of hydrogen-bond acceptors (Lipinski definition) is 22. The van der Waals surface area contributed by atoms with Gasteiger partial charge in [-0.2, -0.15) is 5.48 Å². The average Bonchev–Trinajstić information content (AvgIpc) is 0.866. The Bertz CT molecular complexity index is 3360. The van der Waals surface area contributed by atoms with Crippen molar-refractivity contribution < 1.29 is 106 Å². The second kappa shape index (κ2) is 46.3. The van der Waals surface area contributed by atoms with E-state index in [9.17, 15) is 52.7 Å². The summed E-state index contributed by atoms with van der Waals surface area (Å²) in [6.07, 6.45) is -13.0. The van der Waals surface area contributed by atoms with E-state index in [4.69, 9.17) is 58.8 Å². The van der Waals surface area contributed by atoms with Crippen molar-refractivity contribution in [3.8, 4) is 0 Å². The Kier molecular flexibility index (Phi) is 38.8. The van der Waals surface area contributed by atoms with E-state index in [-0.39, 0.29) is 62.9 Å². The van der Waals surface area contributed by atoms with Crippen molar-refractivity contribution in [3.63, 3.8) is 0 Å². The van der Waals surface area contributed by atoms with E-state index in [1.165, 1.54) is 20.8 Å². The second-order valence-electron chi connectivity index (χ2n) is 26.5. The molecule has 0 fully saturated rings. The quantitative estimate of drug-likeness (QED) is 0.0264. The summed E-state index contributed by atoms with van der Waals surface area (Å²) in [5.41, 5.74) is 28.2. The van der Waals surface area contributed by atoms with Crippen molar-refractivity contribution in [2.24, 2.45) is 35.3 Å². The standard InChI is InChI=1S/C72H103N11O22/c1-14-46(9)59(103-74-62(85)48(11)96-83-71(94)95-42-52-34-26-19-27-35-52)68(91)79-99-55(37-44(5)6)64(87)76-101-58(41-51-32-24-18-25-33-51)67(90)81-105-72(12,13)70(93)82-102-56(38-45(7)8)65(88)77-100-57(40-50-30-22-17-23-31-50)66(89)78-104-60(47(10)15-2)69(92)80-98-54(36-43(3)4)63(86)75-97-53(61(73)84)39-49-28-20-16-21-29-49/h16-35,43-48,53-60H,14-15,36-42H2,1-13H3,(H2,73,84)(H,74,85)(H,75,86)(H,76,87)(H,77,88)(H,78,89)(H,79,91)(H,80,92)(H,81,90)(H,82,93)(H,83,94)/t46?,47?,48?,53-,54-,55-,56-,57-,58-,59-,60-/m0/s1. The second-order valence-corrected chi connectivity index (χ2v) is 26.5. The summed E-state index contributed by atoms with van der Waals surface area (Å²) >= 11 is 0. The van der Waals surface area contributed by atoms with Crippen molar-refractivity contribution in [2.45, 2.75) is 209 Å². The van der Waals surface area contributed by atoms with E-state index in [0.717, 1.165) is 11.1 Å². The zero-order valence-corrected chi connectivity index (χ0v) is 61.6. The number of hydrogen-bond donors (Lipinski definition) is 11. The van der Waals surface area contributed by atoms with Crippen LogP contribution < -0.4 is 60.5 Å². The SMILES string of the molecule is CCC(C)[C@H](ONC(=O)C(C)ONC(=O)OCc1ccccc1)C(=O)NO[C@@H](CC(C)C)C(=O)NO[C@@H](Cc1ccccc1)C(=O)NOC(C)(C)C(=O)NO[C@@H](CC(C)C)C(=O)NO[C@@H](Cc1ccccc1)C(=O)NO[C@H](C(=O)NO[C@@H](CC(C)C)C(=O)NO[C@@H](Cc1ccccc1)C(N)=O)C(C)CC. The molecule has 0 radical (unpaired) electrons. The Labute approximate surface area is 611 Å². The van der Waals surface area contributed by atoms with Crippen LogP contribution >= 0.6 is 0 Å². The number of nitrogens with two attached hydrogens (primary N) is 1. The molecule has 11 amide bonds. The molecule has 0 aliphatic carbocycles. The van der Waals surface area contributed by atoms with Crippen LogP contribution in [0.2, 0.25) is 0 Å². The number of amides is 11. The lowest BCUT2D eigenvalue weighted by atomic mass is 10.0. The summed E-state index contributed by atoms with van der Waals surface area (Å²) in [7, 11) is 0. The molecule has 105 heavy (non-hydrogen) atoms. The van der Waals surface area contributed by atoms with Gasteiger partial charge in [-0.15, -0.1) is 0 Å². The van der Waals surface area contributed by atoms with Gasteiger partial charge in [0.15, 0.2) is 60.5 Å². The van der Waals surface area contributed by atoms with E-state index in [1.807, 2.05) is 19.3 Å². The van der Waals surface area contributed by atoms with Crippen LogP contribution in [0.15, 0.2) is 121 Å². The largest absolute Gasteiger partial charge is 0.443 e. The molecule has 4 aromatic carbocycles. The number of carbonyl (C=O) groups excluding carboxylic acids is 11. The molecule has 0 bridgehead atoms. The third-order valence-electron chi connectivity index (χ3n) is 15.7. The van der Waals surface area contributed by atoms with Crippen molar-refractivity contribution in [3.05, 3.63) is 144 Å². The van der Waals surface area contributed by atoms with Gasteiger partial charge in [-0.1, -0.05) is 203 Å². The van der Waals surface area contributed by atoms with Crippen LogP contribution in [0.25, 0.3) is 0 Å². The molecule has 578 valence electrons. The van der Waals surface area contributed by atoms with E-state index in [0.29, 0.717) is 24.0 Å². The summed E-state index contributed by atoms with van der Waals surface area (Å²) < 4.78 is 5.08. The van der Waals surface area contributed by atoms with Gasteiger partial charge in [-0.3, -0.25) is 96.3 Å². The van der Waals surface area contributed by atoms with Crippen LogP contribution in [0.1, 0.15) is 144 Å². The lowest BCUT2D eigenvalue weighted by molar-refractivity contribution is -0.184. The van der Waals surface area contributed by atoms with Crippen molar-refractivity contribution in [1.82, 2.24) is 54.8 Å². The van der Waals surface area contributed by atoms with Crippen LogP contribution in [0, 0.1) is 29.6 Å². The number of ether oxygens (including phenoxy) is 1. The normalized spacial score (nSPS) is 14.6. The molecule has 33 nitrogen and oxygen atoms in total. The first kappa shape index (κ1) is 87.9. The van der Waals surface area contributed by atoms with Crippen LogP contribution in [-0.2, 0) is 127 Å². The molecule has 0 spiro atoms. The highest BCUT2D eigenvalue weighted by Crippen LogP contribution is 2.19. The lowest BCUT2D eigenvalue weighted by Crippen LogP contribution is -2.53. The van der Waals surface area contributed by atoms with Crippen molar-refractivity contribution >= 4 is 65.2 Å². The Morgan fingerprint density at radius 3 is 1.03 bits per heavy atom. The molecule has 12 N–H and O–H groups in total. The summed E-state index contributed by atoms with van der Waals surface area (Å²) in [6.45, 7) is 21.4. The minimum atomic E-state index is -1.95. The summed E-state index contributed by atoms with van der Waals surface area (Å²) in [5, 5.41) is 0. The molecule has 0 heterocycles. The van der Waals surface area contributed by atoms with Crippen LogP contribution in [0.4, 0.5) is 4.79 Å². The first-order chi connectivity index (χ1) is 49.9. The maximum atomic E-state index is 14.0. The Hall–Kier alpha value is -9.55. The van der Waals surface area contributed by atoms with Crippen molar-refractivity contribution in [1.29, 1.82) is 0 Å². The highest BCUT2D eigenvalue weighted by atomic mass is 16.7. The van der Waals surface area contributed by atoms with Crippen LogP contribution in [0.3, 0.4) is 0 Å². The molecular formula is C72H103N11O22. The number of hydroxylamine groups is 10. The minimum Gasteiger partial charge on any atom is -0.443 e. The van der Waals surface area contributed by atoms with Crippen LogP contribution in [-0.4, -0.2) is 126 Å². The van der Waals surface area contributed by atoms with Gasteiger partial charge >= 0.3 is 6.09 Å². The summed E-state index contributed by atoms with van der Waals surface area (Å²) in [4.78, 5) is 203. The smallest absolute Gasteiger partial charge is 0.431 e. The molecule has 0 saturated heterocycles. The first-order valence-electron chi connectivity index (χ1n) is 34.6. The molecule has 0 aliphatic rings. The Morgan fingerprint density at radius 1 is 0.352 bits per heavy atom. The van der Waals surface area contributed by atoms with Crippen LogP contribution in [0.5, 0.6) is 0 Å². The number of nitrogens with one attached hydrogen (secondary N) is 10. The first-order valence-corrected chi connectivity index (χ1v) is 34.6. The predicted octanol–water partition coefficient (Wildman–Crippen LogP) is 4.83. The fraction of sp³-hybridized carbons (Fsp3) is 0.514. The summed E-state index contributed by atoms with van der Waals surface area (Å²) in [5.74, 6) is -10.8. The highest BCUT2D eigenvalue weighted by Gasteiger charge is 2.37. The number of primary amides is 1. The van der Waals surface area contributed by atoms with Gasteiger partial charge in [0.05, 0.1) is 0 Å². The number of benzene rings is 4. The van der Waals surface area contributed by atoms with Gasteiger partial charge in [-0.05, 0) is 91.9 Å². The Morgan fingerprint density at radius 2 is 0.657 bits per heavy atom. The van der Waals surface area contributed by atoms with Gasteiger partial charge in [0.25, 0.3) is 53.2 Å². The summed E-state index contributed by atoms with van der Waals surface area (Å²) in [6, 6.07) is 34.8. The van der Waals surface area contributed by atoms with E-state index >= 15 is 0 Å². The van der Waals surface area contributed by atoms with Gasteiger partial charge in [0.1, 0.15) is 6.61 Å². The molecule has 0 aromatic heterocycles. The van der Waals surface area contributed by atoms with Crippen molar-refractivity contribution in [2.75, 3.05) is 0 Å². The third-order valence-corrected chi connectivity index (χ3v) is 15.7. The molecular weight excluding hydrogens is 1370 g/mol. The average molecular weight is 1470 g/mol. The third kappa shape index (κ3) is 33.0. The maximum absolute atomic E-state index is 14.0. The van der Waals surface area contributed by atoms with Gasteiger partial charge in [0.2, 0.25) is 5.91 Å². The number of carbonyl (C=O) groups is 11. The zero-order chi connectivity index (χ0) is 77.6. The fourth-order valence-corrected chi connectivity index (χ4v) is 9.09. The molecule has 3 unspecified atom stereocenters. The lowest BCUT2D eigenvalue weighted by Gasteiger charge is -2.27. The molecule has 4 rings (SSSR count). The molecule has 0 saturated carbocycles. The molecule has 11 atom stereocenters. The molecule has 4 aromatic rings. The van der Waals surface area contributed by atoms with Gasteiger partial charge in [0, 0.05) is 19.3 Å². The highest BCUT2D eigenvalue weighted by molar-refractivity contribution is 5.87. The van der Waals surface area contributed by atoms with E-state index in [2.05, 4.69) is 49.3 Å². The fourth-order valence-electron chi connectivity index (χ4n) is 9.09. The molecule has 0 aliphatic heterocycles. The topological polar surface area (TPSA) is 436 Å². The maximum Gasteiger partial charge on any atom is 0.431 e. The monoisotopic (exact) mass is 1470 g/mol. The predicted molar refractivity (Wildman–Crippen MR) is 375 cm³/mol. The van der Waals surface area contributed by atoms with E-state index < -0.39 is 138 Å². The van der Waals surface area contributed by atoms with E-state index in [1.54, 1.807) is 177 Å². The zero-order valence-electron chi connectivity index (χ0n) is 61.6. The minimum absolute atomic E-state index is 0.0128. The van der Waals surface area contributed by atoms with Gasteiger partial charge in [-0.25, -0.2) is 54.1 Å². The molecule has 33 heteroatoms.